The van der Waals surface area contributed by atoms with Crippen molar-refractivity contribution >= 4 is 27.5 Å². The van der Waals surface area contributed by atoms with Crippen molar-refractivity contribution in [1.82, 2.24) is 14.7 Å². The third-order valence-electron chi connectivity index (χ3n) is 4.12. The number of amides is 1. The van der Waals surface area contributed by atoms with Gasteiger partial charge in [0.1, 0.15) is 16.3 Å². The van der Waals surface area contributed by atoms with Crippen LogP contribution in [0.25, 0.3) is 21.5 Å². The van der Waals surface area contributed by atoms with E-state index in [0.717, 1.165) is 32.1 Å². The number of thiophene rings is 1. The Labute approximate surface area is 145 Å². The van der Waals surface area contributed by atoms with Gasteiger partial charge >= 0.3 is 0 Å². The molecule has 0 spiro atoms. The SMILES string of the molecule is CCN(CC)C(=O)c1cc2c(-c3cccc(OC)c3)nn(C)c2s1. The van der Waals surface area contributed by atoms with Crippen LogP contribution in [-0.2, 0) is 7.05 Å². The molecule has 1 aromatic carbocycles. The molecule has 0 bridgehead atoms. The standard InChI is InChI=1S/C18H21N3O2S/c1-5-21(6-2)17(22)15-11-14-16(19-20(3)18(14)24-15)12-8-7-9-13(10-12)23-4/h7-11H,5-6H2,1-4H3. The molecule has 2 aromatic heterocycles. The highest BCUT2D eigenvalue weighted by molar-refractivity contribution is 7.20. The second kappa shape index (κ2) is 6.65. The predicted molar refractivity (Wildman–Crippen MR) is 97.8 cm³/mol. The minimum atomic E-state index is 0.0813. The average molecular weight is 343 g/mol. The van der Waals surface area contributed by atoms with Crippen molar-refractivity contribution in [1.29, 1.82) is 0 Å². The van der Waals surface area contributed by atoms with Crippen molar-refractivity contribution in [2.24, 2.45) is 7.05 Å². The number of ether oxygens (including phenoxy) is 1. The van der Waals surface area contributed by atoms with E-state index in [1.807, 2.05) is 60.8 Å². The molecule has 0 radical (unpaired) electrons. The highest BCUT2D eigenvalue weighted by Gasteiger charge is 2.20. The van der Waals surface area contributed by atoms with Crippen LogP contribution < -0.4 is 4.74 Å². The Kier molecular flexibility index (Phi) is 4.57. The molecule has 5 nitrogen and oxygen atoms in total. The van der Waals surface area contributed by atoms with Gasteiger partial charge in [-0.2, -0.15) is 5.10 Å². The molecule has 0 aliphatic carbocycles. The van der Waals surface area contributed by atoms with Gasteiger partial charge in [0.2, 0.25) is 0 Å². The number of nitrogens with zero attached hydrogens (tertiary/aromatic N) is 3. The number of aryl methyl sites for hydroxylation is 1. The van der Waals surface area contributed by atoms with E-state index in [4.69, 9.17) is 4.74 Å². The van der Waals surface area contributed by atoms with E-state index < -0.39 is 0 Å². The van der Waals surface area contributed by atoms with E-state index in [0.29, 0.717) is 13.1 Å². The number of methoxy groups -OCH3 is 1. The maximum absolute atomic E-state index is 12.6. The molecular weight excluding hydrogens is 322 g/mol. The number of hydrogen-bond acceptors (Lipinski definition) is 4. The molecule has 2 heterocycles. The molecule has 0 saturated heterocycles. The number of benzene rings is 1. The summed E-state index contributed by atoms with van der Waals surface area (Å²) >= 11 is 1.49. The van der Waals surface area contributed by atoms with Gasteiger partial charge in [0.05, 0.1) is 12.0 Å². The van der Waals surface area contributed by atoms with Crippen molar-refractivity contribution in [3.63, 3.8) is 0 Å². The van der Waals surface area contributed by atoms with E-state index in [-0.39, 0.29) is 5.91 Å². The number of hydrogen-bond donors (Lipinski definition) is 0. The Balaban J connectivity index is 2.09. The second-order valence-corrected chi connectivity index (χ2v) is 6.54. The normalized spacial score (nSPS) is 11.0. The molecule has 0 aliphatic heterocycles. The maximum Gasteiger partial charge on any atom is 0.264 e. The maximum atomic E-state index is 12.6. The number of fused-ring (bicyclic) bond motifs is 1. The van der Waals surface area contributed by atoms with Crippen LogP contribution >= 0.6 is 11.3 Å². The predicted octanol–water partition coefficient (Wildman–Crippen LogP) is 3.79. The smallest absolute Gasteiger partial charge is 0.264 e. The van der Waals surface area contributed by atoms with Gasteiger partial charge in [0.25, 0.3) is 5.91 Å². The van der Waals surface area contributed by atoms with Gasteiger partial charge in [-0.3, -0.25) is 9.48 Å². The molecule has 6 heteroatoms. The Morgan fingerprint density at radius 3 is 2.71 bits per heavy atom. The fourth-order valence-corrected chi connectivity index (χ4v) is 3.84. The Morgan fingerprint density at radius 2 is 2.04 bits per heavy atom. The topological polar surface area (TPSA) is 47.4 Å². The number of carbonyl (C=O) groups is 1. The monoisotopic (exact) mass is 343 g/mol. The van der Waals surface area contributed by atoms with Crippen LogP contribution in [0.1, 0.15) is 23.5 Å². The first kappa shape index (κ1) is 16.5. The lowest BCUT2D eigenvalue weighted by molar-refractivity contribution is 0.0778. The van der Waals surface area contributed by atoms with Gasteiger partial charge in [0, 0.05) is 31.1 Å². The number of rotatable bonds is 5. The molecule has 0 saturated carbocycles. The summed E-state index contributed by atoms with van der Waals surface area (Å²) in [7, 11) is 3.56. The van der Waals surface area contributed by atoms with Crippen molar-refractivity contribution in [2.45, 2.75) is 13.8 Å². The Bertz CT molecular complexity index is 878. The summed E-state index contributed by atoms with van der Waals surface area (Å²) in [6.07, 6.45) is 0. The molecular formula is C18H21N3O2S. The fraction of sp³-hybridized carbons (Fsp3) is 0.333. The second-order valence-electron chi connectivity index (χ2n) is 5.51. The van der Waals surface area contributed by atoms with Gasteiger partial charge in [0.15, 0.2) is 0 Å². The van der Waals surface area contributed by atoms with E-state index in [1.165, 1.54) is 11.3 Å². The van der Waals surface area contributed by atoms with Crippen LogP contribution in [0.2, 0.25) is 0 Å². The van der Waals surface area contributed by atoms with Gasteiger partial charge in [-0.25, -0.2) is 0 Å². The molecule has 126 valence electrons. The summed E-state index contributed by atoms with van der Waals surface area (Å²) in [5, 5.41) is 5.63. The molecule has 3 rings (SSSR count). The van der Waals surface area contributed by atoms with Crippen molar-refractivity contribution in [2.75, 3.05) is 20.2 Å². The first-order chi connectivity index (χ1) is 11.6. The van der Waals surface area contributed by atoms with Crippen LogP contribution in [-0.4, -0.2) is 40.8 Å². The zero-order chi connectivity index (χ0) is 17.3. The highest BCUT2D eigenvalue weighted by Crippen LogP contribution is 2.35. The summed E-state index contributed by atoms with van der Waals surface area (Å²) in [5.74, 6) is 0.874. The quantitative estimate of drug-likeness (QED) is 0.708. The van der Waals surface area contributed by atoms with Crippen LogP contribution in [0.5, 0.6) is 5.75 Å². The van der Waals surface area contributed by atoms with Gasteiger partial charge < -0.3 is 9.64 Å². The third kappa shape index (κ3) is 2.78. The van der Waals surface area contributed by atoms with E-state index in [2.05, 4.69) is 5.10 Å². The zero-order valence-corrected chi connectivity index (χ0v) is 15.2. The first-order valence-corrected chi connectivity index (χ1v) is 8.80. The summed E-state index contributed by atoms with van der Waals surface area (Å²) < 4.78 is 7.15. The van der Waals surface area contributed by atoms with E-state index >= 15 is 0 Å². The lowest BCUT2D eigenvalue weighted by Gasteiger charge is -2.17. The number of aromatic nitrogens is 2. The number of carbonyl (C=O) groups excluding carboxylic acids is 1. The molecule has 24 heavy (non-hydrogen) atoms. The summed E-state index contributed by atoms with van der Waals surface area (Å²) in [6, 6.07) is 9.79. The third-order valence-corrected chi connectivity index (χ3v) is 5.31. The van der Waals surface area contributed by atoms with Gasteiger partial charge in [-0.15, -0.1) is 11.3 Å². The molecule has 0 N–H and O–H groups in total. The van der Waals surface area contributed by atoms with Crippen LogP contribution in [0, 0.1) is 0 Å². The fourth-order valence-electron chi connectivity index (χ4n) is 2.80. The Morgan fingerprint density at radius 1 is 1.29 bits per heavy atom. The van der Waals surface area contributed by atoms with Gasteiger partial charge in [-0.05, 0) is 32.0 Å². The lowest BCUT2D eigenvalue weighted by Crippen LogP contribution is -2.29. The molecule has 3 aromatic rings. The van der Waals surface area contributed by atoms with Crippen molar-refractivity contribution in [3.05, 3.63) is 35.2 Å². The minimum absolute atomic E-state index is 0.0813. The Hall–Kier alpha value is -2.34. The highest BCUT2D eigenvalue weighted by atomic mass is 32.1. The van der Waals surface area contributed by atoms with Crippen LogP contribution in [0.15, 0.2) is 30.3 Å². The van der Waals surface area contributed by atoms with Crippen molar-refractivity contribution < 1.29 is 9.53 Å². The van der Waals surface area contributed by atoms with E-state index in [1.54, 1.807) is 7.11 Å². The largest absolute Gasteiger partial charge is 0.497 e. The summed E-state index contributed by atoms with van der Waals surface area (Å²) in [5.41, 5.74) is 1.86. The van der Waals surface area contributed by atoms with Crippen LogP contribution in [0.4, 0.5) is 0 Å². The molecule has 0 atom stereocenters. The molecule has 0 aliphatic rings. The molecule has 0 unspecified atom stereocenters. The van der Waals surface area contributed by atoms with E-state index in [9.17, 15) is 4.79 Å². The molecule has 0 fully saturated rings. The lowest BCUT2D eigenvalue weighted by atomic mass is 10.1. The molecule has 1 amide bonds. The minimum Gasteiger partial charge on any atom is -0.497 e. The van der Waals surface area contributed by atoms with Gasteiger partial charge in [-0.1, -0.05) is 12.1 Å². The van der Waals surface area contributed by atoms with Crippen LogP contribution in [0.3, 0.4) is 0 Å². The average Bonchev–Trinajstić information content (AvgIpc) is 3.17. The first-order valence-electron chi connectivity index (χ1n) is 7.99. The summed E-state index contributed by atoms with van der Waals surface area (Å²) in [4.78, 5) is 16.2. The van der Waals surface area contributed by atoms with Crippen molar-refractivity contribution in [3.8, 4) is 17.0 Å². The zero-order valence-electron chi connectivity index (χ0n) is 14.4. The summed E-state index contributed by atoms with van der Waals surface area (Å²) in [6.45, 7) is 5.42.